The van der Waals surface area contributed by atoms with Gasteiger partial charge in [-0.25, -0.2) is 19.2 Å². The number of ether oxygens (including phenoxy) is 1. The van der Waals surface area contributed by atoms with Crippen molar-refractivity contribution in [3.8, 4) is 11.6 Å². The molecule has 0 aliphatic rings. The molecule has 2 heterocycles. The molecule has 0 radical (unpaired) electrons. The van der Waals surface area contributed by atoms with Crippen molar-refractivity contribution in [3.63, 3.8) is 0 Å². The minimum absolute atomic E-state index is 0.0393. The molecule has 0 bridgehead atoms. The van der Waals surface area contributed by atoms with E-state index < -0.39 is 17.4 Å². The van der Waals surface area contributed by atoms with E-state index in [9.17, 15) is 19.1 Å². The van der Waals surface area contributed by atoms with Gasteiger partial charge in [0, 0.05) is 24.1 Å². The van der Waals surface area contributed by atoms with Crippen LogP contribution in [0.5, 0.6) is 11.6 Å². The molecule has 31 heavy (non-hydrogen) atoms. The van der Waals surface area contributed by atoms with Crippen molar-refractivity contribution < 1.29 is 23.8 Å². The predicted molar refractivity (Wildman–Crippen MR) is 118 cm³/mol. The number of carbonyl (C=O) groups excluding carboxylic acids is 1. The third-order valence-corrected chi connectivity index (χ3v) is 5.29. The van der Waals surface area contributed by atoms with Crippen molar-refractivity contribution >= 4 is 56.1 Å². The van der Waals surface area contributed by atoms with Gasteiger partial charge >= 0.3 is 6.09 Å². The molecular weight excluding hydrogens is 447 g/mol. The summed E-state index contributed by atoms with van der Waals surface area (Å²) in [6, 6.07) is 5.43. The van der Waals surface area contributed by atoms with Crippen molar-refractivity contribution in [1.82, 2.24) is 9.97 Å². The Labute approximate surface area is 186 Å². The molecule has 0 saturated carbocycles. The number of carbonyl (C=O) groups is 2. The van der Waals surface area contributed by atoms with E-state index in [0.717, 1.165) is 11.0 Å². The summed E-state index contributed by atoms with van der Waals surface area (Å²) < 4.78 is 20.3. The Morgan fingerprint density at radius 2 is 2.00 bits per heavy atom. The quantitative estimate of drug-likeness (QED) is 0.484. The Balaban J connectivity index is 1.95. The molecule has 0 unspecified atom stereocenters. The first-order valence-corrected chi connectivity index (χ1v) is 10.5. The second-order valence-corrected chi connectivity index (χ2v) is 8.90. The fraction of sp³-hybridized carbons (Fsp3) is 0.300. The minimum Gasteiger partial charge on any atom is -0.465 e. The van der Waals surface area contributed by atoms with Gasteiger partial charge in [-0.15, -0.1) is 0 Å². The van der Waals surface area contributed by atoms with Crippen LogP contribution in [0.15, 0.2) is 24.3 Å². The zero-order chi connectivity index (χ0) is 22.9. The third-order valence-electron chi connectivity index (χ3n) is 4.12. The molecule has 2 aromatic heterocycles. The highest BCUT2D eigenvalue weighted by Gasteiger charge is 2.31. The number of aromatic nitrogens is 2. The Kier molecular flexibility index (Phi) is 6.33. The SMILES string of the molecule is CCC(=O)Nc1nc2ccc(Oc3cc(N(C(=O)O)C(C)(C)C)c(F)cc3Cl)nc2s1. The number of hydrogen-bond donors (Lipinski definition) is 2. The molecule has 8 nitrogen and oxygen atoms in total. The lowest BCUT2D eigenvalue weighted by molar-refractivity contribution is -0.115. The number of nitrogens with zero attached hydrogens (tertiary/aromatic N) is 3. The van der Waals surface area contributed by atoms with Crippen LogP contribution in [0, 0.1) is 5.82 Å². The van der Waals surface area contributed by atoms with Gasteiger partial charge in [0.05, 0.1) is 10.7 Å². The number of fused-ring (bicyclic) bond motifs is 1. The van der Waals surface area contributed by atoms with E-state index in [4.69, 9.17) is 16.3 Å². The van der Waals surface area contributed by atoms with Crippen LogP contribution in [0.4, 0.5) is 20.0 Å². The van der Waals surface area contributed by atoms with E-state index in [1.807, 2.05) is 0 Å². The van der Waals surface area contributed by atoms with Crippen molar-refractivity contribution in [2.75, 3.05) is 10.2 Å². The summed E-state index contributed by atoms with van der Waals surface area (Å²) in [5, 5.41) is 12.6. The van der Waals surface area contributed by atoms with E-state index in [1.54, 1.807) is 39.8 Å². The number of pyridine rings is 1. The van der Waals surface area contributed by atoms with Gasteiger partial charge in [-0.2, -0.15) is 0 Å². The standard InChI is InChI=1S/C20H20ClFN4O4S/c1-5-15(27)24-18-23-12-6-7-16(25-17(12)31-18)30-14-9-13(11(22)8-10(14)21)26(19(28)29)20(2,3)4/h6-9H,5H2,1-4H3,(H,28,29)(H,23,24,27). The molecular formula is C20H20ClFN4O4S. The molecule has 0 atom stereocenters. The summed E-state index contributed by atoms with van der Waals surface area (Å²) in [5.74, 6) is -0.758. The average molecular weight is 467 g/mol. The number of amides is 2. The fourth-order valence-electron chi connectivity index (χ4n) is 2.75. The highest BCUT2D eigenvalue weighted by molar-refractivity contribution is 7.21. The van der Waals surface area contributed by atoms with Gasteiger partial charge in [0.15, 0.2) is 5.13 Å². The number of rotatable bonds is 5. The topological polar surface area (TPSA) is 105 Å². The van der Waals surface area contributed by atoms with Gasteiger partial charge in [-0.3, -0.25) is 9.69 Å². The second kappa shape index (κ2) is 8.64. The predicted octanol–water partition coefficient (Wildman–Crippen LogP) is 5.91. The molecule has 0 saturated heterocycles. The molecule has 2 amide bonds. The van der Waals surface area contributed by atoms with Crippen LogP contribution in [-0.2, 0) is 4.79 Å². The van der Waals surface area contributed by atoms with Crippen LogP contribution in [0.2, 0.25) is 5.02 Å². The largest absolute Gasteiger partial charge is 0.465 e. The van der Waals surface area contributed by atoms with Crippen LogP contribution < -0.4 is 15.0 Å². The van der Waals surface area contributed by atoms with Crippen LogP contribution >= 0.6 is 22.9 Å². The highest BCUT2D eigenvalue weighted by atomic mass is 35.5. The molecule has 0 aliphatic carbocycles. The summed E-state index contributed by atoms with van der Waals surface area (Å²) in [5.41, 5.74) is -0.529. The maximum absolute atomic E-state index is 14.6. The first-order chi connectivity index (χ1) is 14.5. The van der Waals surface area contributed by atoms with Gasteiger partial charge in [-0.05, 0) is 32.9 Å². The van der Waals surface area contributed by atoms with E-state index in [-0.39, 0.29) is 28.2 Å². The van der Waals surface area contributed by atoms with Gasteiger partial charge in [-0.1, -0.05) is 29.9 Å². The van der Waals surface area contributed by atoms with Crippen LogP contribution in [0.3, 0.4) is 0 Å². The Morgan fingerprint density at radius 1 is 1.29 bits per heavy atom. The van der Waals surface area contributed by atoms with Gasteiger partial charge in [0.1, 0.15) is 21.9 Å². The number of carboxylic acid groups (broad SMARTS) is 1. The molecule has 1 aromatic carbocycles. The summed E-state index contributed by atoms with van der Waals surface area (Å²) in [6.07, 6.45) is -0.990. The molecule has 0 fully saturated rings. The third kappa shape index (κ3) is 5.02. The summed E-state index contributed by atoms with van der Waals surface area (Å²) in [7, 11) is 0. The van der Waals surface area contributed by atoms with E-state index in [1.165, 1.54) is 17.4 Å². The zero-order valence-corrected chi connectivity index (χ0v) is 18.8. The van der Waals surface area contributed by atoms with E-state index in [2.05, 4.69) is 15.3 Å². The number of thiazole rings is 1. The van der Waals surface area contributed by atoms with Gasteiger partial charge in [0.25, 0.3) is 0 Å². The van der Waals surface area contributed by atoms with Crippen LogP contribution in [0.1, 0.15) is 34.1 Å². The Bertz CT molecular complexity index is 1160. The van der Waals surface area contributed by atoms with Crippen molar-refractivity contribution in [3.05, 3.63) is 35.1 Å². The normalized spacial score (nSPS) is 11.4. The number of hydrogen-bond acceptors (Lipinski definition) is 6. The van der Waals surface area contributed by atoms with Crippen molar-refractivity contribution in [1.29, 1.82) is 0 Å². The Morgan fingerprint density at radius 3 is 2.61 bits per heavy atom. The minimum atomic E-state index is -1.31. The van der Waals surface area contributed by atoms with E-state index >= 15 is 0 Å². The Hall–Kier alpha value is -2.98. The number of nitrogens with one attached hydrogen (secondary N) is 1. The summed E-state index contributed by atoms with van der Waals surface area (Å²) >= 11 is 7.30. The molecule has 3 aromatic rings. The van der Waals surface area contributed by atoms with Crippen molar-refractivity contribution in [2.45, 2.75) is 39.7 Å². The van der Waals surface area contributed by atoms with E-state index in [0.29, 0.717) is 21.9 Å². The molecule has 11 heteroatoms. The monoisotopic (exact) mass is 466 g/mol. The van der Waals surface area contributed by atoms with Crippen LogP contribution in [-0.4, -0.2) is 32.6 Å². The zero-order valence-electron chi connectivity index (χ0n) is 17.2. The molecule has 0 spiro atoms. The molecule has 3 rings (SSSR count). The fourth-order valence-corrected chi connectivity index (χ4v) is 3.78. The van der Waals surface area contributed by atoms with Gasteiger partial charge < -0.3 is 15.2 Å². The highest BCUT2D eigenvalue weighted by Crippen LogP contribution is 2.38. The number of halogens is 2. The molecule has 0 aliphatic heterocycles. The molecule has 2 N–H and O–H groups in total. The molecule has 164 valence electrons. The lowest BCUT2D eigenvalue weighted by Crippen LogP contribution is -2.45. The second-order valence-electron chi connectivity index (χ2n) is 7.52. The van der Waals surface area contributed by atoms with Gasteiger partial charge in [0.2, 0.25) is 11.8 Å². The summed E-state index contributed by atoms with van der Waals surface area (Å²) in [4.78, 5) is 33.3. The lowest BCUT2D eigenvalue weighted by atomic mass is 10.1. The van der Waals surface area contributed by atoms with Crippen LogP contribution in [0.25, 0.3) is 10.3 Å². The van der Waals surface area contributed by atoms with Crippen molar-refractivity contribution in [2.24, 2.45) is 0 Å². The summed E-state index contributed by atoms with van der Waals surface area (Å²) in [6.45, 7) is 6.66. The lowest BCUT2D eigenvalue weighted by Gasteiger charge is -2.33. The smallest absolute Gasteiger partial charge is 0.412 e. The first kappa shape index (κ1) is 22.7. The number of benzene rings is 1. The average Bonchev–Trinajstić information content (AvgIpc) is 3.05. The first-order valence-electron chi connectivity index (χ1n) is 9.27. The maximum atomic E-state index is 14.6. The maximum Gasteiger partial charge on any atom is 0.412 e. The number of anilines is 2.